The van der Waals surface area contributed by atoms with Crippen molar-refractivity contribution in [1.29, 1.82) is 0 Å². The van der Waals surface area contributed by atoms with Gasteiger partial charge in [0.15, 0.2) is 29.3 Å². The van der Waals surface area contributed by atoms with Gasteiger partial charge in [0.2, 0.25) is 11.5 Å². The van der Waals surface area contributed by atoms with Crippen molar-refractivity contribution in [2.24, 2.45) is 5.92 Å². The summed E-state index contributed by atoms with van der Waals surface area (Å²) >= 11 is 0. The molecular weight excluding hydrogens is 544 g/mol. The molecule has 1 aliphatic heterocycles. The van der Waals surface area contributed by atoms with Crippen molar-refractivity contribution < 1.29 is 63.8 Å². The van der Waals surface area contributed by atoms with E-state index in [0.717, 1.165) is 5.56 Å². The molecule has 2 aromatic carbocycles. The predicted molar refractivity (Wildman–Crippen MR) is 142 cm³/mol. The molecule has 13 nitrogen and oxygen atoms in total. The van der Waals surface area contributed by atoms with Gasteiger partial charge in [-0.3, -0.25) is 0 Å². The summed E-state index contributed by atoms with van der Waals surface area (Å²) < 4.78 is 39.3. The maximum atomic E-state index is 11.0. The zero-order valence-corrected chi connectivity index (χ0v) is 23.5. The number of fused-ring (bicyclic) bond motifs is 1. The Labute approximate surface area is 237 Å². The van der Waals surface area contributed by atoms with Gasteiger partial charge in [-0.15, -0.1) is 0 Å². The second-order valence-electron chi connectivity index (χ2n) is 9.96. The molecule has 0 amide bonds. The van der Waals surface area contributed by atoms with Crippen LogP contribution in [0.3, 0.4) is 0 Å². The van der Waals surface area contributed by atoms with Crippen molar-refractivity contribution in [2.45, 2.75) is 49.1 Å². The van der Waals surface area contributed by atoms with Gasteiger partial charge in [0, 0.05) is 24.5 Å². The van der Waals surface area contributed by atoms with Crippen LogP contribution in [-0.2, 0) is 20.6 Å². The van der Waals surface area contributed by atoms with E-state index in [0.29, 0.717) is 17.5 Å². The van der Waals surface area contributed by atoms with Crippen LogP contribution < -0.4 is 18.9 Å². The van der Waals surface area contributed by atoms with Crippen molar-refractivity contribution >= 4 is 0 Å². The summed E-state index contributed by atoms with van der Waals surface area (Å²) in [6.45, 7) is -0.705. The van der Waals surface area contributed by atoms with E-state index in [1.54, 1.807) is 25.3 Å². The average molecular weight is 583 g/mol. The van der Waals surface area contributed by atoms with Crippen LogP contribution in [0, 0.1) is 5.92 Å². The molecule has 2 aliphatic rings. The average Bonchev–Trinajstić information content (AvgIpc) is 2.98. The molecular formula is C28H38O13. The minimum atomic E-state index is -1.61. The first-order chi connectivity index (χ1) is 19.6. The molecule has 2 aromatic rings. The maximum absolute atomic E-state index is 11.0. The molecule has 41 heavy (non-hydrogen) atoms. The van der Waals surface area contributed by atoms with E-state index in [1.165, 1.54) is 28.4 Å². The van der Waals surface area contributed by atoms with Crippen molar-refractivity contribution in [1.82, 2.24) is 0 Å². The predicted octanol–water partition coefficient (Wildman–Crippen LogP) is 0.268. The first-order valence-corrected chi connectivity index (χ1v) is 13.0. The van der Waals surface area contributed by atoms with Gasteiger partial charge in [-0.1, -0.05) is 0 Å². The van der Waals surface area contributed by atoms with Crippen LogP contribution in [-0.4, -0.2) is 116 Å². The number of benzene rings is 2. The number of aromatic hydroxyl groups is 2. The molecule has 8 atom stereocenters. The van der Waals surface area contributed by atoms with Gasteiger partial charge in [0.1, 0.15) is 24.4 Å². The molecule has 0 spiro atoms. The van der Waals surface area contributed by atoms with Crippen LogP contribution in [0.15, 0.2) is 18.2 Å². The van der Waals surface area contributed by atoms with Crippen molar-refractivity contribution in [3.8, 4) is 34.5 Å². The van der Waals surface area contributed by atoms with Gasteiger partial charge in [0.25, 0.3) is 0 Å². The summed E-state index contributed by atoms with van der Waals surface area (Å²) in [6, 6.07) is 4.97. The van der Waals surface area contributed by atoms with Crippen molar-refractivity contribution in [3.05, 3.63) is 34.9 Å². The summed E-state index contributed by atoms with van der Waals surface area (Å²) in [5.74, 6) is -0.882. The molecule has 1 heterocycles. The molecule has 0 bridgehead atoms. The second kappa shape index (κ2) is 12.9. The molecule has 4 rings (SSSR count). The summed E-state index contributed by atoms with van der Waals surface area (Å²) in [5, 5.41) is 62.2. The number of methoxy groups -OCH3 is 5. The zero-order valence-electron chi connectivity index (χ0n) is 23.5. The summed E-state index contributed by atoms with van der Waals surface area (Å²) in [7, 11) is 7.21. The Bertz CT molecular complexity index is 1180. The Kier molecular flexibility index (Phi) is 9.70. The van der Waals surface area contributed by atoms with Crippen LogP contribution in [0.2, 0.25) is 0 Å². The fraction of sp³-hybridized carbons (Fsp3) is 0.571. The monoisotopic (exact) mass is 582 g/mol. The number of phenols is 2. The Morgan fingerprint density at radius 3 is 1.95 bits per heavy atom. The van der Waals surface area contributed by atoms with Crippen LogP contribution in [0.25, 0.3) is 0 Å². The molecule has 6 N–H and O–H groups in total. The first kappa shape index (κ1) is 30.9. The Morgan fingerprint density at radius 1 is 0.805 bits per heavy atom. The number of phenolic OH excluding ortho intramolecular Hbond substituents is 2. The lowest BCUT2D eigenvalue weighted by atomic mass is 9.69. The number of rotatable bonds is 10. The van der Waals surface area contributed by atoms with Gasteiger partial charge >= 0.3 is 0 Å². The Hall–Kier alpha value is -3.04. The van der Waals surface area contributed by atoms with E-state index in [2.05, 4.69) is 0 Å². The highest BCUT2D eigenvalue weighted by Gasteiger charge is 2.46. The number of aliphatic hydroxyl groups is 4. The van der Waals surface area contributed by atoms with Gasteiger partial charge in [-0.25, -0.2) is 0 Å². The highest BCUT2D eigenvalue weighted by molar-refractivity contribution is 5.64. The normalized spacial score (nSPS) is 29.5. The number of ether oxygens (including phenoxy) is 7. The summed E-state index contributed by atoms with van der Waals surface area (Å²) in [4.78, 5) is 0. The van der Waals surface area contributed by atoms with E-state index in [9.17, 15) is 30.6 Å². The van der Waals surface area contributed by atoms with Crippen molar-refractivity contribution in [2.75, 3.05) is 48.8 Å². The molecule has 228 valence electrons. The minimum Gasteiger partial charge on any atom is -0.502 e. The molecule has 1 fully saturated rings. The second-order valence-corrected chi connectivity index (χ2v) is 9.96. The third kappa shape index (κ3) is 5.58. The summed E-state index contributed by atoms with van der Waals surface area (Å²) in [5.41, 5.74) is 1.98. The lowest BCUT2D eigenvalue weighted by Crippen LogP contribution is -2.59. The lowest BCUT2D eigenvalue weighted by Gasteiger charge is -2.43. The largest absolute Gasteiger partial charge is 0.502 e. The molecule has 1 aliphatic carbocycles. The molecule has 0 aromatic heterocycles. The smallest absolute Gasteiger partial charge is 0.201 e. The standard InChI is InChI=1S/C28H38O13/c1-35-15-6-13-9-18(38-4)24(32)27(39-5)21(13)20(12-7-16(36-2)22(30)17(8-12)37-3)14(15)11-40-28-26(34)25(33)23(31)19(10-29)41-28/h7-9,14-15,19-20,23,25-26,28-34H,6,10-11H2,1-5H3/t14-,15-,19+,20-,23+,25-,26+,28+/m0/s1. The van der Waals surface area contributed by atoms with Crippen molar-refractivity contribution in [3.63, 3.8) is 0 Å². The van der Waals surface area contributed by atoms with E-state index < -0.39 is 55.3 Å². The topological polar surface area (TPSA) is 186 Å². The van der Waals surface area contributed by atoms with Crippen LogP contribution in [0.1, 0.15) is 22.6 Å². The van der Waals surface area contributed by atoms with Crippen LogP contribution in [0.5, 0.6) is 34.5 Å². The van der Waals surface area contributed by atoms with E-state index in [-0.39, 0.29) is 41.1 Å². The maximum Gasteiger partial charge on any atom is 0.201 e. The fourth-order valence-corrected chi connectivity index (χ4v) is 5.74. The Morgan fingerprint density at radius 2 is 1.41 bits per heavy atom. The lowest BCUT2D eigenvalue weighted by molar-refractivity contribution is -0.304. The number of hydrogen-bond donors (Lipinski definition) is 6. The molecule has 13 heteroatoms. The highest BCUT2D eigenvalue weighted by Crippen LogP contribution is 2.53. The van der Waals surface area contributed by atoms with Gasteiger partial charge in [-0.2, -0.15) is 0 Å². The van der Waals surface area contributed by atoms with E-state index >= 15 is 0 Å². The van der Waals surface area contributed by atoms with Gasteiger partial charge in [-0.05, 0) is 35.7 Å². The molecule has 0 radical (unpaired) electrons. The molecule has 1 saturated heterocycles. The van der Waals surface area contributed by atoms with Gasteiger partial charge < -0.3 is 63.8 Å². The minimum absolute atomic E-state index is 0.104. The van der Waals surface area contributed by atoms with Gasteiger partial charge in [0.05, 0.1) is 47.8 Å². The number of hydrogen-bond acceptors (Lipinski definition) is 13. The molecule has 0 saturated carbocycles. The van der Waals surface area contributed by atoms with E-state index in [4.69, 9.17) is 33.2 Å². The highest BCUT2D eigenvalue weighted by atomic mass is 16.7. The van der Waals surface area contributed by atoms with Crippen LogP contribution >= 0.6 is 0 Å². The Balaban J connectivity index is 1.85. The zero-order chi connectivity index (χ0) is 30.0. The SMILES string of the molecule is COc1cc([C@@H]2c3c(cc(OC)c(O)c3OC)C[C@H](OC)[C@@H]2CO[C@@H]2O[C@H](CO)[C@@H](O)[C@H](O)[C@H]2O)cc(OC)c1O. The summed E-state index contributed by atoms with van der Waals surface area (Å²) in [6.07, 6.45) is -7.38. The molecule has 0 unspecified atom stereocenters. The fourth-order valence-electron chi connectivity index (χ4n) is 5.74. The number of aliphatic hydroxyl groups excluding tert-OH is 4. The van der Waals surface area contributed by atoms with Crippen LogP contribution in [0.4, 0.5) is 0 Å². The third-order valence-electron chi connectivity index (χ3n) is 7.87. The first-order valence-electron chi connectivity index (χ1n) is 13.0. The van der Waals surface area contributed by atoms with E-state index in [1.807, 2.05) is 0 Å². The third-order valence-corrected chi connectivity index (χ3v) is 7.87. The quantitative estimate of drug-likeness (QED) is 0.224.